The van der Waals surface area contributed by atoms with E-state index >= 15 is 0 Å². The second-order valence-corrected chi connectivity index (χ2v) is 8.45. The van der Waals surface area contributed by atoms with Crippen molar-refractivity contribution in [1.29, 1.82) is 0 Å². The Morgan fingerprint density at radius 3 is 2.23 bits per heavy atom. The Balaban J connectivity index is 1.64. The minimum Gasteiger partial charge on any atom is -0.458 e. The Bertz CT molecular complexity index is 707. The van der Waals surface area contributed by atoms with Gasteiger partial charge in [0, 0.05) is 18.6 Å². The number of benzene rings is 1. The molecule has 1 atom stereocenters. The molecule has 0 saturated heterocycles. The van der Waals surface area contributed by atoms with Crippen molar-refractivity contribution in [1.82, 2.24) is 0 Å². The number of ether oxygens (including phenoxy) is 2. The number of carbonyl (C=O) groups excluding carboxylic acids is 2. The third-order valence-corrected chi connectivity index (χ3v) is 5.72. The van der Waals surface area contributed by atoms with Crippen molar-refractivity contribution < 1.29 is 19.1 Å². The highest BCUT2D eigenvalue weighted by molar-refractivity contribution is 5.85. The highest BCUT2D eigenvalue weighted by atomic mass is 16.6. The fraction of sp³-hybridized carbons (Fsp3) is 0.556. The third kappa shape index (κ3) is 10.5. The maximum absolute atomic E-state index is 12.0. The Morgan fingerprint density at radius 2 is 1.61 bits per heavy atom. The van der Waals surface area contributed by atoms with Gasteiger partial charge in [0.2, 0.25) is 0 Å². The SMILES string of the molecule is CCCCCCCCCCCC[C@]1(C/C=C/C(=O)OCc2ccccc2)C=CC(=O)O1. The van der Waals surface area contributed by atoms with E-state index in [1.54, 1.807) is 6.08 Å². The Hall–Kier alpha value is -2.36. The molecular formula is C27H38O4. The smallest absolute Gasteiger partial charge is 0.331 e. The number of hydrogen-bond donors (Lipinski definition) is 0. The lowest BCUT2D eigenvalue weighted by Gasteiger charge is -2.25. The first-order valence-electron chi connectivity index (χ1n) is 11.9. The van der Waals surface area contributed by atoms with Crippen LogP contribution in [-0.4, -0.2) is 17.5 Å². The number of hydrogen-bond acceptors (Lipinski definition) is 4. The summed E-state index contributed by atoms with van der Waals surface area (Å²) in [5.41, 5.74) is 0.335. The van der Waals surface area contributed by atoms with Gasteiger partial charge in [-0.1, -0.05) is 101 Å². The molecule has 1 aromatic carbocycles. The summed E-state index contributed by atoms with van der Waals surface area (Å²) in [5, 5.41) is 0. The van der Waals surface area contributed by atoms with Gasteiger partial charge >= 0.3 is 11.9 Å². The quantitative estimate of drug-likeness (QED) is 0.165. The van der Waals surface area contributed by atoms with Crippen LogP contribution >= 0.6 is 0 Å². The molecule has 2 rings (SSSR count). The van der Waals surface area contributed by atoms with E-state index in [1.165, 1.54) is 63.5 Å². The van der Waals surface area contributed by atoms with Gasteiger partial charge in [-0.15, -0.1) is 0 Å². The standard InChI is InChI=1S/C27H38O4/c1-2-3-4-5-6-7-8-9-10-14-20-27(22-19-26(29)31-27)21-15-18-25(28)30-23-24-16-12-11-13-17-24/h11-13,15-19,22H,2-10,14,20-21,23H2,1H3/b18-15+/t27-/m0/s1. The van der Waals surface area contributed by atoms with Crippen molar-refractivity contribution in [2.45, 2.75) is 96.2 Å². The molecule has 0 saturated carbocycles. The normalized spacial score (nSPS) is 17.9. The molecular weight excluding hydrogens is 388 g/mol. The first kappa shape index (κ1) is 24.9. The van der Waals surface area contributed by atoms with Gasteiger partial charge < -0.3 is 9.47 Å². The number of carbonyl (C=O) groups is 2. The molecule has 0 radical (unpaired) electrons. The predicted molar refractivity (Wildman–Crippen MR) is 124 cm³/mol. The summed E-state index contributed by atoms with van der Waals surface area (Å²) in [4.78, 5) is 23.6. The zero-order valence-electron chi connectivity index (χ0n) is 19.0. The van der Waals surface area contributed by atoms with E-state index in [9.17, 15) is 9.59 Å². The van der Waals surface area contributed by atoms with Gasteiger partial charge in [0.15, 0.2) is 0 Å². The maximum atomic E-state index is 12.0. The third-order valence-electron chi connectivity index (χ3n) is 5.72. The molecule has 4 heteroatoms. The van der Waals surface area contributed by atoms with Crippen LogP contribution in [0.3, 0.4) is 0 Å². The molecule has 1 heterocycles. The number of cyclic esters (lactones) is 1. The van der Waals surface area contributed by atoms with E-state index in [2.05, 4.69) is 6.92 Å². The van der Waals surface area contributed by atoms with Crippen LogP contribution in [0, 0.1) is 0 Å². The van der Waals surface area contributed by atoms with Gasteiger partial charge in [-0.05, 0) is 24.5 Å². The van der Waals surface area contributed by atoms with Crippen molar-refractivity contribution in [2.75, 3.05) is 0 Å². The maximum Gasteiger partial charge on any atom is 0.331 e. The van der Waals surface area contributed by atoms with E-state index in [-0.39, 0.29) is 18.5 Å². The number of esters is 2. The van der Waals surface area contributed by atoms with Crippen molar-refractivity contribution in [3.05, 3.63) is 60.2 Å². The zero-order valence-corrected chi connectivity index (χ0v) is 19.0. The van der Waals surface area contributed by atoms with E-state index in [0.29, 0.717) is 6.42 Å². The van der Waals surface area contributed by atoms with Gasteiger partial charge in [-0.3, -0.25) is 0 Å². The topological polar surface area (TPSA) is 52.6 Å². The first-order chi connectivity index (χ1) is 15.1. The molecule has 0 bridgehead atoms. The van der Waals surface area contributed by atoms with Gasteiger partial charge in [-0.25, -0.2) is 9.59 Å². The highest BCUT2D eigenvalue weighted by Crippen LogP contribution is 2.31. The Morgan fingerprint density at radius 1 is 0.968 bits per heavy atom. The van der Waals surface area contributed by atoms with Gasteiger partial charge in [0.05, 0.1) is 0 Å². The fourth-order valence-corrected chi connectivity index (χ4v) is 3.88. The van der Waals surface area contributed by atoms with Crippen LogP contribution in [0.4, 0.5) is 0 Å². The lowest BCUT2D eigenvalue weighted by atomic mass is 9.92. The summed E-state index contributed by atoms with van der Waals surface area (Å²) in [5.74, 6) is -0.682. The zero-order chi connectivity index (χ0) is 22.2. The van der Waals surface area contributed by atoms with Crippen molar-refractivity contribution in [3.8, 4) is 0 Å². The number of unbranched alkanes of at least 4 members (excludes halogenated alkanes) is 9. The van der Waals surface area contributed by atoms with Gasteiger partial charge in [-0.2, -0.15) is 0 Å². The second-order valence-electron chi connectivity index (χ2n) is 8.45. The minimum absolute atomic E-state index is 0.253. The van der Waals surface area contributed by atoms with E-state index in [0.717, 1.165) is 24.8 Å². The fourth-order valence-electron chi connectivity index (χ4n) is 3.88. The van der Waals surface area contributed by atoms with Crippen LogP contribution in [0.5, 0.6) is 0 Å². The largest absolute Gasteiger partial charge is 0.458 e. The van der Waals surface area contributed by atoms with E-state index in [4.69, 9.17) is 9.47 Å². The molecule has 31 heavy (non-hydrogen) atoms. The minimum atomic E-state index is -0.618. The van der Waals surface area contributed by atoms with Crippen LogP contribution in [0.2, 0.25) is 0 Å². The summed E-state index contributed by atoms with van der Waals surface area (Å²) < 4.78 is 10.9. The lowest BCUT2D eigenvalue weighted by Crippen LogP contribution is -2.27. The summed E-state index contributed by atoms with van der Waals surface area (Å²) in [6.07, 6.45) is 20.5. The van der Waals surface area contributed by atoms with Crippen LogP contribution in [-0.2, 0) is 25.7 Å². The summed E-state index contributed by atoms with van der Waals surface area (Å²) >= 11 is 0. The molecule has 1 aliphatic heterocycles. The molecule has 1 aliphatic rings. The summed E-state index contributed by atoms with van der Waals surface area (Å²) in [7, 11) is 0. The van der Waals surface area contributed by atoms with Crippen molar-refractivity contribution in [2.24, 2.45) is 0 Å². The van der Waals surface area contributed by atoms with E-state index < -0.39 is 5.60 Å². The molecule has 0 aromatic heterocycles. The Kier molecular flexibility index (Phi) is 11.7. The average molecular weight is 427 g/mol. The lowest BCUT2D eigenvalue weighted by molar-refractivity contribution is -0.145. The molecule has 0 N–H and O–H groups in total. The van der Waals surface area contributed by atoms with E-state index in [1.807, 2.05) is 36.4 Å². The average Bonchev–Trinajstić information content (AvgIpc) is 3.15. The summed E-state index contributed by atoms with van der Waals surface area (Å²) in [6.45, 7) is 2.50. The second kappa shape index (κ2) is 14.6. The molecule has 170 valence electrons. The monoisotopic (exact) mass is 426 g/mol. The molecule has 0 aliphatic carbocycles. The molecule has 0 unspecified atom stereocenters. The van der Waals surface area contributed by atoms with Gasteiger partial charge in [0.1, 0.15) is 12.2 Å². The van der Waals surface area contributed by atoms with Crippen molar-refractivity contribution >= 4 is 11.9 Å². The predicted octanol–water partition coefficient (Wildman–Crippen LogP) is 6.84. The van der Waals surface area contributed by atoms with Gasteiger partial charge in [0.25, 0.3) is 0 Å². The van der Waals surface area contributed by atoms with Crippen LogP contribution < -0.4 is 0 Å². The Labute approximate surface area is 187 Å². The van der Waals surface area contributed by atoms with Crippen molar-refractivity contribution in [3.63, 3.8) is 0 Å². The van der Waals surface area contributed by atoms with Crippen LogP contribution in [0.25, 0.3) is 0 Å². The molecule has 4 nitrogen and oxygen atoms in total. The molecule has 0 amide bonds. The molecule has 0 spiro atoms. The number of rotatable bonds is 16. The highest BCUT2D eigenvalue weighted by Gasteiger charge is 2.33. The van der Waals surface area contributed by atoms with Crippen LogP contribution in [0.1, 0.15) is 89.5 Å². The first-order valence-corrected chi connectivity index (χ1v) is 11.9. The molecule has 0 fully saturated rings. The summed E-state index contributed by atoms with van der Waals surface area (Å²) in [6, 6.07) is 9.59. The molecule has 1 aromatic rings. The van der Waals surface area contributed by atoms with Crippen LogP contribution in [0.15, 0.2) is 54.6 Å².